The van der Waals surface area contributed by atoms with Crippen molar-refractivity contribution < 1.29 is 14.7 Å². The molecule has 3 N–H and O–H groups in total. The number of hydrogen-bond acceptors (Lipinski definition) is 2. The first-order valence-corrected chi connectivity index (χ1v) is 4.72. The van der Waals surface area contributed by atoms with Gasteiger partial charge in [0.1, 0.15) is 16.8 Å². The van der Waals surface area contributed by atoms with Crippen LogP contribution in [0.4, 0.5) is 0 Å². The quantitative estimate of drug-likeness (QED) is 0.780. The van der Waals surface area contributed by atoms with E-state index < -0.39 is 18.4 Å². The second-order valence-electron chi connectivity index (χ2n) is 2.42. The number of aromatic nitrogens is 1. The zero-order valence-corrected chi connectivity index (χ0v) is 9.15. The maximum Gasteiger partial charge on any atom is 0.322 e. The van der Waals surface area contributed by atoms with Crippen LogP contribution >= 0.6 is 27.5 Å². The van der Waals surface area contributed by atoms with Gasteiger partial charge in [0.2, 0.25) is 0 Å². The fourth-order valence-corrected chi connectivity index (χ4v) is 1.26. The maximum atomic E-state index is 11.2. The number of aliphatic carboxylic acids is 1. The summed E-state index contributed by atoms with van der Waals surface area (Å²) in [5.74, 6) is -1.62. The van der Waals surface area contributed by atoms with Gasteiger partial charge in [-0.3, -0.25) is 9.59 Å². The van der Waals surface area contributed by atoms with Gasteiger partial charge in [0, 0.05) is 0 Å². The fourth-order valence-electron chi connectivity index (χ4n) is 0.778. The molecule has 1 aromatic rings. The average Bonchev–Trinajstić information content (AvgIpc) is 2.43. The molecule has 0 saturated carbocycles. The van der Waals surface area contributed by atoms with Crippen molar-refractivity contribution in [1.29, 1.82) is 0 Å². The monoisotopic (exact) mass is 280 g/mol. The lowest BCUT2D eigenvalue weighted by atomic mass is 10.4. The standard InChI is InChI=1S/C7H6BrClN2O3/c8-6-3(9)1-4(11-6)7(14)10-2-5(12)13/h1,11H,2H2,(H,10,14)(H,12,13). The molecule has 0 aliphatic carbocycles. The number of aromatic amines is 1. The minimum atomic E-state index is -1.10. The molecular formula is C7H6BrClN2O3. The van der Waals surface area contributed by atoms with Gasteiger partial charge in [0.15, 0.2) is 0 Å². The predicted molar refractivity (Wildman–Crippen MR) is 53.5 cm³/mol. The molecule has 0 bridgehead atoms. The van der Waals surface area contributed by atoms with Gasteiger partial charge in [-0.1, -0.05) is 11.6 Å². The van der Waals surface area contributed by atoms with E-state index in [1.165, 1.54) is 6.07 Å². The maximum absolute atomic E-state index is 11.2. The molecule has 1 aromatic heterocycles. The van der Waals surface area contributed by atoms with Crippen molar-refractivity contribution in [2.24, 2.45) is 0 Å². The molecule has 1 amide bonds. The first-order valence-electron chi connectivity index (χ1n) is 3.54. The van der Waals surface area contributed by atoms with E-state index in [-0.39, 0.29) is 5.69 Å². The summed E-state index contributed by atoms with van der Waals surface area (Å²) in [6.45, 7) is -0.424. The Bertz CT molecular complexity index is 358. The molecule has 0 radical (unpaired) electrons. The topological polar surface area (TPSA) is 82.2 Å². The first kappa shape index (κ1) is 11.1. The molecule has 0 aliphatic rings. The normalized spacial score (nSPS) is 9.86. The highest BCUT2D eigenvalue weighted by atomic mass is 79.9. The van der Waals surface area contributed by atoms with Crippen molar-refractivity contribution in [2.45, 2.75) is 0 Å². The van der Waals surface area contributed by atoms with Crippen molar-refractivity contribution in [1.82, 2.24) is 10.3 Å². The Labute approximate surface area is 92.6 Å². The van der Waals surface area contributed by atoms with Gasteiger partial charge < -0.3 is 15.4 Å². The second-order valence-corrected chi connectivity index (χ2v) is 3.62. The summed E-state index contributed by atoms with van der Waals surface area (Å²) < 4.78 is 0.486. The van der Waals surface area contributed by atoms with Gasteiger partial charge in [-0.15, -0.1) is 0 Å². The molecule has 5 nitrogen and oxygen atoms in total. The molecule has 0 saturated heterocycles. The van der Waals surface area contributed by atoms with E-state index >= 15 is 0 Å². The number of H-pyrrole nitrogens is 1. The zero-order valence-electron chi connectivity index (χ0n) is 6.80. The van der Waals surface area contributed by atoms with E-state index in [1.807, 2.05) is 0 Å². The molecule has 1 rings (SSSR count). The van der Waals surface area contributed by atoms with Gasteiger partial charge in [-0.2, -0.15) is 0 Å². The number of carboxylic acid groups (broad SMARTS) is 1. The van der Waals surface area contributed by atoms with Gasteiger partial charge in [0.25, 0.3) is 5.91 Å². The van der Waals surface area contributed by atoms with Crippen LogP contribution in [0.1, 0.15) is 10.5 Å². The number of halogens is 2. The molecule has 0 unspecified atom stereocenters. The number of rotatable bonds is 3. The third-order valence-electron chi connectivity index (χ3n) is 1.37. The second kappa shape index (κ2) is 4.47. The molecule has 0 aliphatic heterocycles. The molecule has 1 heterocycles. The van der Waals surface area contributed by atoms with E-state index in [4.69, 9.17) is 16.7 Å². The summed E-state index contributed by atoms with van der Waals surface area (Å²) in [5.41, 5.74) is 0.211. The van der Waals surface area contributed by atoms with E-state index in [0.717, 1.165) is 0 Å². The first-order chi connectivity index (χ1) is 6.50. The molecule has 0 atom stereocenters. The smallest absolute Gasteiger partial charge is 0.322 e. The lowest BCUT2D eigenvalue weighted by molar-refractivity contribution is -0.135. The van der Waals surface area contributed by atoms with Crippen LogP contribution in [0.3, 0.4) is 0 Å². The summed E-state index contributed by atoms with van der Waals surface area (Å²) in [5, 5.41) is 10.9. The predicted octanol–water partition coefficient (Wildman–Crippen LogP) is 1.24. The third kappa shape index (κ3) is 2.74. The largest absolute Gasteiger partial charge is 0.480 e. The Morgan fingerprint density at radius 3 is 2.71 bits per heavy atom. The summed E-state index contributed by atoms with van der Waals surface area (Å²) >= 11 is 8.74. The van der Waals surface area contributed by atoms with Gasteiger partial charge in [-0.05, 0) is 22.0 Å². The lowest BCUT2D eigenvalue weighted by Gasteiger charge is -1.98. The van der Waals surface area contributed by atoms with Crippen LogP contribution in [0.2, 0.25) is 5.02 Å². The highest BCUT2D eigenvalue weighted by Crippen LogP contribution is 2.22. The number of carbonyl (C=O) groups excluding carboxylic acids is 1. The summed E-state index contributed by atoms with van der Waals surface area (Å²) in [6, 6.07) is 1.41. The van der Waals surface area contributed by atoms with E-state index in [0.29, 0.717) is 9.63 Å². The number of nitrogens with one attached hydrogen (secondary N) is 2. The van der Waals surface area contributed by atoms with Crippen molar-refractivity contribution in [3.05, 3.63) is 21.4 Å². The molecule has 0 spiro atoms. The summed E-state index contributed by atoms with van der Waals surface area (Å²) in [7, 11) is 0. The van der Waals surface area contributed by atoms with Crippen LogP contribution in [0, 0.1) is 0 Å². The molecule has 0 fully saturated rings. The summed E-state index contributed by atoms with van der Waals surface area (Å²) in [4.78, 5) is 24.0. The highest BCUT2D eigenvalue weighted by molar-refractivity contribution is 9.10. The Morgan fingerprint density at radius 1 is 1.64 bits per heavy atom. The average molecular weight is 281 g/mol. The Kier molecular flexibility index (Phi) is 3.54. The van der Waals surface area contributed by atoms with Crippen LogP contribution in [0.5, 0.6) is 0 Å². The van der Waals surface area contributed by atoms with Crippen molar-refractivity contribution in [3.63, 3.8) is 0 Å². The van der Waals surface area contributed by atoms with Crippen molar-refractivity contribution >= 4 is 39.4 Å². The highest BCUT2D eigenvalue weighted by Gasteiger charge is 2.11. The molecular weight excluding hydrogens is 275 g/mol. The number of hydrogen-bond donors (Lipinski definition) is 3. The zero-order chi connectivity index (χ0) is 10.7. The van der Waals surface area contributed by atoms with Crippen molar-refractivity contribution in [2.75, 3.05) is 6.54 Å². The SMILES string of the molecule is O=C(O)CNC(=O)c1cc(Cl)c(Br)[nH]1. The summed E-state index contributed by atoms with van der Waals surface area (Å²) in [6.07, 6.45) is 0. The van der Waals surface area contributed by atoms with Crippen LogP contribution in [0.25, 0.3) is 0 Å². The molecule has 7 heteroatoms. The number of carbonyl (C=O) groups is 2. The van der Waals surface area contributed by atoms with Crippen LogP contribution < -0.4 is 5.32 Å². The molecule has 76 valence electrons. The van der Waals surface area contributed by atoms with Gasteiger partial charge in [0.05, 0.1) is 5.02 Å². The van der Waals surface area contributed by atoms with Gasteiger partial charge >= 0.3 is 5.97 Å². The van der Waals surface area contributed by atoms with E-state index in [2.05, 4.69) is 26.2 Å². The van der Waals surface area contributed by atoms with Crippen LogP contribution in [-0.2, 0) is 4.79 Å². The third-order valence-corrected chi connectivity index (χ3v) is 2.52. The number of carboxylic acids is 1. The van der Waals surface area contributed by atoms with Gasteiger partial charge in [-0.25, -0.2) is 0 Å². The Balaban J connectivity index is 2.65. The lowest BCUT2D eigenvalue weighted by Crippen LogP contribution is -2.29. The van der Waals surface area contributed by atoms with Crippen molar-refractivity contribution in [3.8, 4) is 0 Å². The molecule has 14 heavy (non-hydrogen) atoms. The van der Waals surface area contributed by atoms with E-state index in [9.17, 15) is 9.59 Å². The minimum Gasteiger partial charge on any atom is -0.480 e. The number of amides is 1. The fraction of sp³-hybridized carbons (Fsp3) is 0.143. The Hall–Kier alpha value is -1.01. The Morgan fingerprint density at radius 2 is 2.29 bits per heavy atom. The van der Waals surface area contributed by atoms with E-state index in [1.54, 1.807) is 0 Å². The minimum absolute atomic E-state index is 0.211. The molecule has 0 aromatic carbocycles. The van der Waals surface area contributed by atoms with Crippen LogP contribution in [-0.4, -0.2) is 28.5 Å². The van der Waals surface area contributed by atoms with Crippen LogP contribution in [0.15, 0.2) is 10.7 Å².